The van der Waals surface area contributed by atoms with E-state index >= 15 is 0 Å². The Labute approximate surface area is 69.4 Å². The molecule has 0 aromatic carbocycles. The molecule has 0 fully saturated rings. The summed E-state index contributed by atoms with van der Waals surface area (Å²) < 4.78 is 0. The molecule has 0 saturated carbocycles. The highest BCUT2D eigenvalue weighted by molar-refractivity contribution is 5.21. The smallest absolute Gasteiger partial charge is 0.0192 e. The first-order chi connectivity index (χ1) is 5.20. The Morgan fingerprint density at radius 1 is 1.55 bits per heavy atom. The molecule has 0 amide bonds. The summed E-state index contributed by atoms with van der Waals surface area (Å²) in [6.07, 6.45) is 7.86. The molecule has 0 radical (unpaired) electrons. The second-order valence-corrected chi connectivity index (χ2v) is 3.54. The van der Waals surface area contributed by atoms with Crippen LogP contribution in [-0.4, -0.2) is 25.5 Å². The average Bonchev–Trinajstić information content (AvgIpc) is 1.93. The second kappa shape index (κ2) is 3.72. The van der Waals surface area contributed by atoms with Gasteiger partial charge in [0.05, 0.1) is 0 Å². The van der Waals surface area contributed by atoms with E-state index in [1.165, 1.54) is 6.42 Å². The first kappa shape index (κ1) is 8.54. The van der Waals surface area contributed by atoms with Gasteiger partial charge in [-0.3, -0.25) is 0 Å². The minimum absolute atomic E-state index is 0.738. The molecule has 62 valence electrons. The molecule has 0 aliphatic heterocycles. The summed E-state index contributed by atoms with van der Waals surface area (Å²) in [4.78, 5) is 2.22. The molecule has 1 aliphatic rings. The van der Waals surface area contributed by atoms with Gasteiger partial charge in [-0.15, -0.1) is 0 Å². The molecule has 0 N–H and O–H groups in total. The molecule has 0 spiro atoms. The van der Waals surface area contributed by atoms with Crippen molar-refractivity contribution in [1.29, 1.82) is 0 Å². The summed E-state index contributed by atoms with van der Waals surface area (Å²) in [5.41, 5.74) is 1.55. The molecule has 1 atom stereocenters. The van der Waals surface area contributed by atoms with Crippen molar-refractivity contribution in [2.24, 2.45) is 5.92 Å². The molecule has 1 unspecified atom stereocenters. The normalized spacial score (nSPS) is 24.0. The highest BCUT2D eigenvalue weighted by atomic mass is 15.0. The van der Waals surface area contributed by atoms with Crippen molar-refractivity contribution < 1.29 is 0 Å². The van der Waals surface area contributed by atoms with Crippen molar-refractivity contribution in [3.63, 3.8) is 0 Å². The van der Waals surface area contributed by atoms with E-state index in [0.29, 0.717) is 0 Å². The molecule has 0 bridgehead atoms. The maximum Gasteiger partial charge on any atom is 0.0192 e. The standard InChI is InChI=1S/C10H17N/c1-9-6-4-5-7-10(9)8-11(2)3/h4-5,7,9H,6,8H2,1-3H3. The molecule has 11 heavy (non-hydrogen) atoms. The van der Waals surface area contributed by atoms with Gasteiger partial charge in [-0.25, -0.2) is 0 Å². The predicted octanol–water partition coefficient (Wildman–Crippen LogP) is 2.07. The zero-order valence-electron chi connectivity index (χ0n) is 7.67. The molecule has 1 rings (SSSR count). The minimum atomic E-state index is 0.738. The van der Waals surface area contributed by atoms with Gasteiger partial charge in [-0.2, -0.15) is 0 Å². The lowest BCUT2D eigenvalue weighted by molar-refractivity contribution is 0.423. The van der Waals surface area contributed by atoms with Crippen molar-refractivity contribution in [2.75, 3.05) is 20.6 Å². The molecule has 1 nitrogen and oxygen atoms in total. The summed E-state index contributed by atoms with van der Waals surface area (Å²) in [7, 11) is 4.23. The van der Waals surface area contributed by atoms with Crippen LogP contribution in [0.4, 0.5) is 0 Å². The molecule has 0 saturated heterocycles. The van der Waals surface area contributed by atoms with Crippen molar-refractivity contribution in [3.8, 4) is 0 Å². The number of likely N-dealkylation sites (N-methyl/N-ethyl adjacent to an activating group) is 1. The number of hydrogen-bond donors (Lipinski definition) is 0. The van der Waals surface area contributed by atoms with Gasteiger partial charge in [0, 0.05) is 6.54 Å². The number of rotatable bonds is 2. The molecule has 0 aromatic heterocycles. The summed E-state index contributed by atoms with van der Waals surface area (Å²) >= 11 is 0. The third-order valence-corrected chi connectivity index (χ3v) is 2.07. The Balaban J connectivity index is 2.54. The first-order valence-corrected chi connectivity index (χ1v) is 4.20. The van der Waals surface area contributed by atoms with Crippen molar-refractivity contribution in [1.82, 2.24) is 4.90 Å². The van der Waals surface area contributed by atoms with E-state index in [-0.39, 0.29) is 0 Å². The Bertz CT molecular complexity index is 177. The fourth-order valence-electron chi connectivity index (χ4n) is 1.36. The zero-order chi connectivity index (χ0) is 8.27. The van der Waals surface area contributed by atoms with Crippen LogP contribution in [0.5, 0.6) is 0 Å². The van der Waals surface area contributed by atoms with Crippen LogP contribution in [0.25, 0.3) is 0 Å². The summed E-state index contributed by atoms with van der Waals surface area (Å²) in [5, 5.41) is 0. The van der Waals surface area contributed by atoms with Crippen LogP contribution >= 0.6 is 0 Å². The summed E-state index contributed by atoms with van der Waals surface area (Å²) in [5.74, 6) is 0.738. The Kier molecular flexibility index (Phi) is 2.89. The monoisotopic (exact) mass is 151 g/mol. The van der Waals surface area contributed by atoms with Gasteiger partial charge >= 0.3 is 0 Å². The number of hydrogen-bond acceptors (Lipinski definition) is 1. The topological polar surface area (TPSA) is 3.24 Å². The largest absolute Gasteiger partial charge is 0.305 e. The van der Waals surface area contributed by atoms with Gasteiger partial charge in [-0.05, 0) is 26.4 Å². The Morgan fingerprint density at radius 3 is 2.82 bits per heavy atom. The fourth-order valence-corrected chi connectivity index (χ4v) is 1.36. The van der Waals surface area contributed by atoms with Crippen LogP contribution in [0, 0.1) is 5.92 Å². The first-order valence-electron chi connectivity index (χ1n) is 4.20. The average molecular weight is 151 g/mol. The minimum Gasteiger partial charge on any atom is -0.305 e. The summed E-state index contributed by atoms with van der Waals surface area (Å²) in [6.45, 7) is 3.39. The number of allylic oxidation sites excluding steroid dienone is 3. The van der Waals surface area contributed by atoms with Gasteiger partial charge in [-0.1, -0.05) is 30.7 Å². The van der Waals surface area contributed by atoms with E-state index < -0.39 is 0 Å². The third kappa shape index (κ3) is 2.51. The van der Waals surface area contributed by atoms with E-state index in [2.05, 4.69) is 44.1 Å². The van der Waals surface area contributed by atoms with Crippen LogP contribution in [0.1, 0.15) is 13.3 Å². The lowest BCUT2D eigenvalue weighted by atomic mass is 9.93. The quantitative estimate of drug-likeness (QED) is 0.584. The van der Waals surface area contributed by atoms with Crippen molar-refractivity contribution in [2.45, 2.75) is 13.3 Å². The molecule has 0 heterocycles. The van der Waals surface area contributed by atoms with Crippen LogP contribution in [0.2, 0.25) is 0 Å². The molecule has 1 heteroatoms. The predicted molar refractivity (Wildman–Crippen MR) is 49.6 cm³/mol. The molecular weight excluding hydrogens is 134 g/mol. The van der Waals surface area contributed by atoms with E-state index in [9.17, 15) is 0 Å². The van der Waals surface area contributed by atoms with Crippen LogP contribution in [-0.2, 0) is 0 Å². The van der Waals surface area contributed by atoms with Gasteiger partial charge in [0.25, 0.3) is 0 Å². The third-order valence-electron chi connectivity index (χ3n) is 2.07. The van der Waals surface area contributed by atoms with Crippen LogP contribution in [0.3, 0.4) is 0 Å². The Morgan fingerprint density at radius 2 is 2.27 bits per heavy atom. The van der Waals surface area contributed by atoms with E-state index in [4.69, 9.17) is 0 Å². The zero-order valence-corrected chi connectivity index (χ0v) is 7.67. The SMILES string of the molecule is CC1CC=CC=C1CN(C)C. The molecular formula is C10H17N. The van der Waals surface area contributed by atoms with Gasteiger partial charge < -0.3 is 4.90 Å². The van der Waals surface area contributed by atoms with Gasteiger partial charge in [0.2, 0.25) is 0 Å². The van der Waals surface area contributed by atoms with Crippen molar-refractivity contribution >= 4 is 0 Å². The summed E-state index contributed by atoms with van der Waals surface area (Å²) in [6, 6.07) is 0. The lowest BCUT2D eigenvalue weighted by Crippen LogP contribution is -2.19. The maximum atomic E-state index is 2.29. The van der Waals surface area contributed by atoms with E-state index in [1.54, 1.807) is 5.57 Å². The maximum absolute atomic E-state index is 2.29. The number of nitrogens with zero attached hydrogens (tertiary/aromatic N) is 1. The van der Waals surface area contributed by atoms with E-state index in [1.807, 2.05) is 0 Å². The highest BCUT2D eigenvalue weighted by Gasteiger charge is 2.09. The fraction of sp³-hybridized carbons (Fsp3) is 0.600. The van der Waals surface area contributed by atoms with Gasteiger partial charge in [0.15, 0.2) is 0 Å². The Hall–Kier alpha value is -0.560. The molecule has 0 aromatic rings. The van der Waals surface area contributed by atoms with Crippen molar-refractivity contribution in [3.05, 3.63) is 23.8 Å². The molecule has 1 aliphatic carbocycles. The van der Waals surface area contributed by atoms with Crippen LogP contribution < -0.4 is 0 Å². The van der Waals surface area contributed by atoms with Crippen LogP contribution in [0.15, 0.2) is 23.8 Å². The highest BCUT2D eigenvalue weighted by Crippen LogP contribution is 2.19. The lowest BCUT2D eigenvalue weighted by Gasteiger charge is -2.20. The van der Waals surface area contributed by atoms with E-state index in [0.717, 1.165) is 12.5 Å². The second-order valence-electron chi connectivity index (χ2n) is 3.54. The van der Waals surface area contributed by atoms with Gasteiger partial charge in [0.1, 0.15) is 0 Å².